The second kappa shape index (κ2) is 7.97. The first-order valence-electron chi connectivity index (χ1n) is 8.27. The highest BCUT2D eigenvalue weighted by Gasteiger charge is 2.18. The molecule has 0 aliphatic rings. The lowest BCUT2D eigenvalue weighted by Gasteiger charge is -2.18. The molecule has 0 fully saturated rings. The topological polar surface area (TPSA) is 64.3 Å². The van der Waals surface area contributed by atoms with Crippen molar-refractivity contribution in [3.8, 4) is 5.75 Å². The Morgan fingerprint density at radius 2 is 1.75 bits per heavy atom. The number of nitrogens with one attached hydrogen (secondary N) is 1. The molecule has 2 aromatic rings. The van der Waals surface area contributed by atoms with E-state index in [0.717, 1.165) is 22.6 Å². The number of carbonyl (C=O) groups is 1. The van der Waals surface area contributed by atoms with Crippen LogP contribution in [0.1, 0.15) is 38.0 Å². The van der Waals surface area contributed by atoms with Crippen molar-refractivity contribution in [1.29, 1.82) is 0 Å². The number of hydrogen-bond donors (Lipinski definition) is 2. The zero-order valence-corrected chi connectivity index (χ0v) is 14.7. The molecular formula is C20H26N2O2. The molecule has 2 aromatic carbocycles. The van der Waals surface area contributed by atoms with Gasteiger partial charge < -0.3 is 15.8 Å². The first-order chi connectivity index (χ1) is 11.4. The fraction of sp³-hybridized carbons (Fsp3) is 0.350. The fourth-order valence-corrected chi connectivity index (χ4v) is 2.36. The number of hydrogen-bond acceptors (Lipinski definition) is 3. The molecule has 2 atom stereocenters. The number of rotatable bonds is 6. The predicted molar refractivity (Wildman–Crippen MR) is 98.1 cm³/mol. The van der Waals surface area contributed by atoms with Crippen LogP contribution in [0.4, 0.5) is 5.69 Å². The fourth-order valence-electron chi connectivity index (χ4n) is 2.36. The molecule has 24 heavy (non-hydrogen) atoms. The number of anilines is 1. The van der Waals surface area contributed by atoms with E-state index in [1.165, 1.54) is 0 Å². The van der Waals surface area contributed by atoms with Gasteiger partial charge in [-0.3, -0.25) is 4.79 Å². The Bertz CT molecular complexity index is 683. The molecule has 3 N–H and O–H groups in total. The van der Waals surface area contributed by atoms with Crippen LogP contribution in [0, 0.1) is 12.8 Å². The third-order valence-electron chi connectivity index (χ3n) is 4.06. The van der Waals surface area contributed by atoms with Gasteiger partial charge in [-0.1, -0.05) is 44.2 Å². The minimum atomic E-state index is -0.515. The SMILES string of the molecule is Cc1cc(OC(C)c2ccccc2)ccc1NC(=O)[C@@H](N)C(C)C. The Balaban J connectivity index is 2.05. The number of benzene rings is 2. The van der Waals surface area contributed by atoms with Gasteiger partial charge in [-0.25, -0.2) is 0 Å². The third kappa shape index (κ3) is 4.59. The average molecular weight is 326 g/mol. The van der Waals surface area contributed by atoms with Crippen LogP contribution in [-0.4, -0.2) is 11.9 Å². The summed E-state index contributed by atoms with van der Waals surface area (Å²) in [5.74, 6) is 0.703. The lowest BCUT2D eigenvalue weighted by molar-refractivity contribution is -0.118. The minimum Gasteiger partial charge on any atom is -0.486 e. The van der Waals surface area contributed by atoms with Crippen LogP contribution in [0.25, 0.3) is 0 Å². The van der Waals surface area contributed by atoms with Crippen LogP contribution < -0.4 is 15.8 Å². The van der Waals surface area contributed by atoms with Crippen molar-refractivity contribution in [2.75, 3.05) is 5.32 Å². The minimum absolute atomic E-state index is 0.0413. The number of nitrogens with two attached hydrogens (primary N) is 1. The van der Waals surface area contributed by atoms with E-state index in [1.54, 1.807) is 0 Å². The lowest BCUT2D eigenvalue weighted by Crippen LogP contribution is -2.39. The van der Waals surface area contributed by atoms with Crippen molar-refractivity contribution in [1.82, 2.24) is 0 Å². The zero-order valence-electron chi connectivity index (χ0n) is 14.7. The molecule has 0 bridgehead atoms. The number of aryl methyl sites for hydroxylation is 1. The van der Waals surface area contributed by atoms with Crippen molar-refractivity contribution in [2.24, 2.45) is 11.7 Å². The molecule has 1 unspecified atom stereocenters. The summed E-state index contributed by atoms with van der Waals surface area (Å²) < 4.78 is 5.99. The van der Waals surface area contributed by atoms with Gasteiger partial charge in [0.25, 0.3) is 0 Å². The van der Waals surface area contributed by atoms with Gasteiger partial charge in [0.1, 0.15) is 11.9 Å². The lowest BCUT2D eigenvalue weighted by atomic mass is 10.0. The first kappa shape index (κ1) is 18.0. The van der Waals surface area contributed by atoms with Crippen LogP contribution in [0.15, 0.2) is 48.5 Å². The molecule has 0 saturated carbocycles. The average Bonchev–Trinajstić information content (AvgIpc) is 2.57. The molecule has 1 amide bonds. The molecule has 0 radical (unpaired) electrons. The molecule has 0 aliphatic heterocycles. The van der Waals surface area contributed by atoms with Gasteiger partial charge in [0, 0.05) is 5.69 Å². The van der Waals surface area contributed by atoms with E-state index in [4.69, 9.17) is 10.5 Å². The van der Waals surface area contributed by atoms with E-state index < -0.39 is 6.04 Å². The highest BCUT2D eigenvalue weighted by molar-refractivity contribution is 5.95. The summed E-state index contributed by atoms with van der Waals surface area (Å²) in [4.78, 5) is 12.1. The summed E-state index contributed by atoms with van der Waals surface area (Å²) in [6.07, 6.45) is -0.0413. The Labute approximate surface area is 144 Å². The highest BCUT2D eigenvalue weighted by Crippen LogP contribution is 2.26. The van der Waals surface area contributed by atoms with Gasteiger partial charge >= 0.3 is 0 Å². The number of amides is 1. The second-order valence-electron chi connectivity index (χ2n) is 6.41. The standard InChI is InChI=1S/C20H26N2O2/c1-13(2)19(21)20(23)22-18-11-10-17(12-14(18)3)24-15(4)16-8-6-5-7-9-16/h5-13,15,19H,21H2,1-4H3,(H,22,23)/t15?,19-/m0/s1. The maximum Gasteiger partial charge on any atom is 0.241 e. The molecule has 0 aliphatic carbocycles. The molecule has 0 aromatic heterocycles. The normalized spacial score (nSPS) is 13.4. The summed E-state index contributed by atoms with van der Waals surface area (Å²) in [7, 11) is 0. The van der Waals surface area contributed by atoms with Crippen LogP contribution in [-0.2, 0) is 4.79 Å². The van der Waals surface area contributed by atoms with Crippen LogP contribution in [0.5, 0.6) is 5.75 Å². The maximum atomic E-state index is 12.1. The Morgan fingerprint density at radius 3 is 2.33 bits per heavy atom. The molecular weight excluding hydrogens is 300 g/mol. The Hall–Kier alpha value is -2.33. The molecule has 4 heteroatoms. The smallest absolute Gasteiger partial charge is 0.241 e. The van der Waals surface area contributed by atoms with Crippen LogP contribution in [0.3, 0.4) is 0 Å². The molecule has 0 heterocycles. The second-order valence-corrected chi connectivity index (χ2v) is 6.41. The van der Waals surface area contributed by atoms with E-state index in [2.05, 4.69) is 5.32 Å². The molecule has 0 saturated heterocycles. The number of ether oxygens (including phenoxy) is 1. The van der Waals surface area contributed by atoms with Crippen LogP contribution >= 0.6 is 0 Å². The van der Waals surface area contributed by atoms with E-state index in [0.29, 0.717) is 0 Å². The number of carbonyl (C=O) groups excluding carboxylic acids is 1. The van der Waals surface area contributed by atoms with E-state index >= 15 is 0 Å². The van der Waals surface area contributed by atoms with Gasteiger partial charge in [-0.2, -0.15) is 0 Å². The highest BCUT2D eigenvalue weighted by atomic mass is 16.5. The molecule has 128 valence electrons. The first-order valence-corrected chi connectivity index (χ1v) is 8.27. The largest absolute Gasteiger partial charge is 0.486 e. The van der Waals surface area contributed by atoms with Gasteiger partial charge in [-0.15, -0.1) is 0 Å². The van der Waals surface area contributed by atoms with E-state index in [9.17, 15) is 4.79 Å². The summed E-state index contributed by atoms with van der Waals surface area (Å²) in [5, 5.41) is 2.88. The van der Waals surface area contributed by atoms with E-state index in [-0.39, 0.29) is 17.9 Å². The van der Waals surface area contributed by atoms with Crippen molar-refractivity contribution < 1.29 is 9.53 Å². The maximum absolute atomic E-state index is 12.1. The predicted octanol–water partition coefficient (Wildman–Crippen LogP) is 4.06. The Morgan fingerprint density at radius 1 is 1.08 bits per heavy atom. The van der Waals surface area contributed by atoms with Crippen molar-refractivity contribution >= 4 is 11.6 Å². The van der Waals surface area contributed by atoms with Crippen molar-refractivity contribution in [3.63, 3.8) is 0 Å². The third-order valence-corrected chi connectivity index (χ3v) is 4.06. The molecule has 4 nitrogen and oxygen atoms in total. The van der Waals surface area contributed by atoms with Gasteiger partial charge in [0.05, 0.1) is 6.04 Å². The van der Waals surface area contributed by atoms with Gasteiger partial charge in [-0.05, 0) is 49.1 Å². The zero-order chi connectivity index (χ0) is 17.7. The monoisotopic (exact) mass is 326 g/mol. The Kier molecular flexibility index (Phi) is 5.99. The van der Waals surface area contributed by atoms with E-state index in [1.807, 2.05) is 76.2 Å². The van der Waals surface area contributed by atoms with Crippen LogP contribution in [0.2, 0.25) is 0 Å². The molecule has 2 rings (SSSR count). The molecule has 0 spiro atoms. The summed E-state index contributed by atoms with van der Waals surface area (Å²) >= 11 is 0. The van der Waals surface area contributed by atoms with Crippen molar-refractivity contribution in [2.45, 2.75) is 39.8 Å². The quantitative estimate of drug-likeness (QED) is 0.841. The summed E-state index contributed by atoms with van der Waals surface area (Å²) in [5.41, 5.74) is 8.70. The van der Waals surface area contributed by atoms with Crippen molar-refractivity contribution in [3.05, 3.63) is 59.7 Å². The summed E-state index contributed by atoms with van der Waals surface area (Å²) in [6.45, 7) is 7.82. The summed E-state index contributed by atoms with van der Waals surface area (Å²) in [6, 6.07) is 15.2. The van der Waals surface area contributed by atoms with Gasteiger partial charge in [0.2, 0.25) is 5.91 Å². The van der Waals surface area contributed by atoms with Gasteiger partial charge in [0.15, 0.2) is 0 Å².